The highest BCUT2D eigenvalue weighted by molar-refractivity contribution is 5.96. The van der Waals surface area contributed by atoms with Gasteiger partial charge in [0.15, 0.2) is 5.65 Å². The van der Waals surface area contributed by atoms with E-state index in [0.29, 0.717) is 12.1 Å². The topological polar surface area (TPSA) is 60.2 Å². The summed E-state index contributed by atoms with van der Waals surface area (Å²) in [6.07, 6.45) is 3.26. The van der Waals surface area contributed by atoms with Gasteiger partial charge in [-0.3, -0.25) is 9.63 Å². The van der Waals surface area contributed by atoms with Crippen LogP contribution in [0.5, 0.6) is 0 Å². The third-order valence-corrected chi connectivity index (χ3v) is 3.46. The third-order valence-electron chi connectivity index (χ3n) is 3.46. The predicted molar refractivity (Wildman–Crippen MR) is 82.2 cm³/mol. The SMILES string of the molecule is CON(C)C(=O)c1cnc2c(cnn2Cc2ccccc2)c1. The first-order valence-corrected chi connectivity index (χ1v) is 6.86. The zero-order valence-electron chi connectivity index (χ0n) is 12.4. The van der Waals surface area contributed by atoms with E-state index in [1.807, 2.05) is 35.0 Å². The Morgan fingerprint density at radius 1 is 1.27 bits per heavy atom. The van der Waals surface area contributed by atoms with Crippen LogP contribution < -0.4 is 0 Å². The number of rotatable bonds is 4. The molecule has 0 fully saturated rings. The van der Waals surface area contributed by atoms with E-state index in [4.69, 9.17) is 4.84 Å². The number of carbonyl (C=O) groups excluding carboxylic acids is 1. The van der Waals surface area contributed by atoms with Gasteiger partial charge in [-0.1, -0.05) is 30.3 Å². The van der Waals surface area contributed by atoms with Gasteiger partial charge in [0.05, 0.1) is 25.4 Å². The lowest BCUT2D eigenvalue weighted by Gasteiger charge is -2.13. The summed E-state index contributed by atoms with van der Waals surface area (Å²) in [6.45, 7) is 0.641. The molecule has 2 heterocycles. The van der Waals surface area contributed by atoms with Gasteiger partial charge in [-0.05, 0) is 11.6 Å². The fourth-order valence-corrected chi connectivity index (χ4v) is 2.23. The van der Waals surface area contributed by atoms with E-state index >= 15 is 0 Å². The Hall–Kier alpha value is -2.73. The second-order valence-corrected chi connectivity index (χ2v) is 4.91. The maximum Gasteiger partial charge on any atom is 0.278 e. The van der Waals surface area contributed by atoms with Gasteiger partial charge in [0.1, 0.15) is 0 Å². The van der Waals surface area contributed by atoms with Crippen LogP contribution >= 0.6 is 0 Å². The summed E-state index contributed by atoms with van der Waals surface area (Å²) in [5, 5.41) is 6.34. The number of nitrogens with zero attached hydrogens (tertiary/aromatic N) is 4. The molecule has 0 saturated carbocycles. The molecule has 3 rings (SSSR count). The van der Waals surface area contributed by atoms with E-state index in [-0.39, 0.29) is 5.91 Å². The number of carbonyl (C=O) groups is 1. The van der Waals surface area contributed by atoms with Crippen molar-refractivity contribution in [3.8, 4) is 0 Å². The maximum atomic E-state index is 12.1. The monoisotopic (exact) mass is 296 g/mol. The molecule has 22 heavy (non-hydrogen) atoms. The number of pyridine rings is 1. The minimum absolute atomic E-state index is 0.243. The Bertz CT molecular complexity index is 798. The van der Waals surface area contributed by atoms with Crippen molar-refractivity contribution in [3.05, 3.63) is 59.9 Å². The smallest absolute Gasteiger partial charge is 0.274 e. The first-order chi connectivity index (χ1) is 10.7. The molecular weight excluding hydrogens is 280 g/mol. The molecule has 0 aliphatic carbocycles. The highest BCUT2D eigenvalue weighted by atomic mass is 16.7. The Morgan fingerprint density at radius 2 is 2.05 bits per heavy atom. The van der Waals surface area contributed by atoms with E-state index in [1.165, 1.54) is 7.11 Å². The highest BCUT2D eigenvalue weighted by Crippen LogP contribution is 2.15. The van der Waals surface area contributed by atoms with Crippen molar-refractivity contribution in [3.63, 3.8) is 0 Å². The Balaban J connectivity index is 1.91. The standard InChI is InChI=1S/C16H16N4O2/c1-19(22-2)16(21)14-8-13-10-18-20(15(13)17-9-14)11-12-6-4-3-5-7-12/h3-10H,11H2,1-2H3. The van der Waals surface area contributed by atoms with Gasteiger partial charge in [0.2, 0.25) is 0 Å². The van der Waals surface area contributed by atoms with Gasteiger partial charge in [-0.2, -0.15) is 5.10 Å². The summed E-state index contributed by atoms with van der Waals surface area (Å²) in [5.41, 5.74) is 2.37. The molecule has 0 spiro atoms. The Kier molecular flexibility index (Phi) is 3.84. The van der Waals surface area contributed by atoms with E-state index in [9.17, 15) is 4.79 Å². The molecule has 0 atom stereocenters. The number of aromatic nitrogens is 3. The van der Waals surface area contributed by atoms with Crippen molar-refractivity contribution in [1.29, 1.82) is 0 Å². The van der Waals surface area contributed by atoms with Crippen LogP contribution in [-0.2, 0) is 11.4 Å². The van der Waals surface area contributed by atoms with Gasteiger partial charge in [0, 0.05) is 18.6 Å². The summed E-state index contributed by atoms with van der Waals surface area (Å²) in [6, 6.07) is 11.8. The quantitative estimate of drug-likeness (QED) is 0.692. The Morgan fingerprint density at radius 3 is 2.77 bits per heavy atom. The minimum atomic E-state index is -0.243. The molecule has 6 heteroatoms. The fraction of sp³-hybridized carbons (Fsp3) is 0.188. The molecule has 6 nitrogen and oxygen atoms in total. The van der Waals surface area contributed by atoms with Crippen LogP contribution in [0.4, 0.5) is 0 Å². The normalized spacial score (nSPS) is 10.8. The number of fused-ring (bicyclic) bond motifs is 1. The summed E-state index contributed by atoms with van der Waals surface area (Å²) >= 11 is 0. The maximum absolute atomic E-state index is 12.1. The van der Waals surface area contributed by atoms with Crippen LogP contribution in [0.25, 0.3) is 11.0 Å². The highest BCUT2D eigenvalue weighted by Gasteiger charge is 2.14. The van der Waals surface area contributed by atoms with Crippen molar-refractivity contribution in [2.45, 2.75) is 6.54 Å². The number of hydroxylamine groups is 2. The van der Waals surface area contributed by atoms with Crippen LogP contribution in [0.1, 0.15) is 15.9 Å². The van der Waals surface area contributed by atoms with Crippen molar-refractivity contribution >= 4 is 16.9 Å². The first-order valence-electron chi connectivity index (χ1n) is 6.86. The van der Waals surface area contributed by atoms with Gasteiger partial charge < -0.3 is 0 Å². The number of benzene rings is 1. The lowest BCUT2D eigenvalue weighted by molar-refractivity contribution is -0.0757. The van der Waals surface area contributed by atoms with E-state index in [2.05, 4.69) is 10.1 Å². The molecule has 3 aromatic rings. The van der Waals surface area contributed by atoms with Crippen LogP contribution in [0, 0.1) is 0 Å². The van der Waals surface area contributed by atoms with Gasteiger partial charge in [0.25, 0.3) is 5.91 Å². The molecule has 0 saturated heterocycles. The summed E-state index contributed by atoms with van der Waals surface area (Å²) in [4.78, 5) is 21.3. The van der Waals surface area contributed by atoms with Crippen molar-refractivity contribution in [2.75, 3.05) is 14.2 Å². The van der Waals surface area contributed by atoms with Gasteiger partial charge in [-0.25, -0.2) is 14.7 Å². The Labute approximate surface area is 127 Å². The second-order valence-electron chi connectivity index (χ2n) is 4.91. The summed E-state index contributed by atoms with van der Waals surface area (Å²) in [7, 11) is 3.01. The lowest BCUT2D eigenvalue weighted by atomic mass is 10.2. The van der Waals surface area contributed by atoms with Crippen molar-refractivity contribution < 1.29 is 9.63 Å². The van der Waals surface area contributed by atoms with E-state index < -0.39 is 0 Å². The van der Waals surface area contributed by atoms with Crippen LogP contribution in [0.3, 0.4) is 0 Å². The molecule has 0 aliphatic rings. The van der Waals surface area contributed by atoms with Gasteiger partial charge >= 0.3 is 0 Å². The first kappa shape index (κ1) is 14.2. The molecule has 0 N–H and O–H groups in total. The summed E-state index contributed by atoms with van der Waals surface area (Å²) < 4.78 is 1.82. The average molecular weight is 296 g/mol. The van der Waals surface area contributed by atoms with E-state index in [1.54, 1.807) is 25.5 Å². The van der Waals surface area contributed by atoms with E-state index in [0.717, 1.165) is 21.7 Å². The van der Waals surface area contributed by atoms with Gasteiger partial charge in [-0.15, -0.1) is 0 Å². The third kappa shape index (κ3) is 2.68. The number of hydrogen-bond donors (Lipinski definition) is 0. The van der Waals surface area contributed by atoms with Crippen LogP contribution in [0.15, 0.2) is 48.8 Å². The molecule has 0 bridgehead atoms. The van der Waals surface area contributed by atoms with Crippen molar-refractivity contribution in [2.24, 2.45) is 0 Å². The molecule has 1 aromatic carbocycles. The average Bonchev–Trinajstić information content (AvgIpc) is 2.96. The largest absolute Gasteiger partial charge is 0.278 e. The molecule has 1 amide bonds. The predicted octanol–water partition coefficient (Wildman–Crippen LogP) is 2.11. The molecule has 0 unspecified atom stereocenters. The second kappa shape index (κ2) is 5.95. The molecular formula is C16H16N4O2. The van der Waals surface area contributed by atoms with Crippen molar-refractivity contribution in [1.82, 2.24) is 19.8 Å². The molecule has 2 aromatic heterocycles. The fourth-order valence-electron chi connectivity index (χ4n) is 2.23. The summed E-state index contributed by atoms with van der Waals surface area (Å²) in [5.74, 6) is -0.243. The van der Waals surface area contributed by atoms with Crippen LogP contribution in [-0.4, -0.2) is 39.9 Å². The minimum Gasteiger partial charge on any atom is -0.274 e. The molecule has 0 aliphatic heterocycles. The number of amides is 1. The van der Waals surface area contributed by atoms with Crippen LogP contribution in [0.2, 0.25) is 0 Å². The molecule has 0 radical (unpaired) electrons. The zero-order valence-corrected chi connectivity index (χ0v) is 12.4. The zero-order chi connectivity index (χ0) is 15.5. The molecule has 112 valence electrons. The number of hydrogen-bond acceptors (Lipinski definition) is 4. The lowest BCUT2D eigenvalue weighted by Crippen LogP contribution is -2.25.